The van der Waals surface area contributed by atoms with Crippen LogP contribution >= 0.6 is 27.0 Å². The van der Waals surface area contributed by atoms with Crippen LogP contribution in [0.4, 0.5) is 34.5 Å². The maximum Gasteiger partial charge on any atom is 0.318 e. The van der Waals surface area contributed by atoms with E-state index in [1.165, 1.54) is 85.3 Å². The standard InChI is InChI=1S/C38H48N8O3.C36H46N8O2.C34H39N7O2.2H2S/c1-28-7-3-8-29-9-4-11-34(36(28)29)44-18-14-32-33(26-44)40-38(49-27-31-10-5-16-42(31)2)41-37(32)45-19-20-46(30(25-45)13-15-39)35(47)12-6-17-43-21-23-48-24-22-43;1-26-9-5-10-27-11-6-13-32(34(26)27)42-20-16-30-31(24-42)38-36(46-25-29-12-7-19-41(29)4)39-35(30)43-21-22-44(28(23-43)15-17-37)33(45)14-8-18-40(2)3;1-4-8-31(42)41-20-19-40(21-26(41)14-16-35)33-28-15-18-39(30-13-6-11-25-10-5-9-24(2)32(25)30)22-29(28)36-34(37-33)43-23-27-12-7-17-38(27)3;;/h3-4,6-9,11-12,30-31H,5,10,13-14,16-27H2,1-2H3;5-6,8-11,13-14,28-29H,7,12,15-16,18-25H2,1-4H3;5-6,9-11,13,26-27H,7,12,14-15,17-23H2,1-3H3;2*1H2/b12-6+;14-8+;;;/t30-,31-;28-,29-;26-,27-;;/m000../s1. The van der Waals surface area contributed by atoms with Gasteiger partial charge in [0.15, 0.2) is 0 Å². The Hall–Kier alpha value is -12.1. The number of anilines is 6. The van der Waals surface area contributed by atoms with E-state index in [9.17, 15) is 30.2 Å². The summed E-state index contributed by atoms with van der Waals surface area (Å²) < 4.78 is 24.5. The van der Waals surface area contributed by atoms with Gasteiger partial charge in [0.05, 0.1) is 106 Å². The molecule has 9 aromatic rings. The first kappa shape index (κ1) is 102. The number of carbonyl (C=O) groups excluding carboxylic acids is 3. The SMILES string of the molecule is CC#CC(=O)N1CCN(c2nc(OC[C@@H]3CCCN3C)nc3c2CCN(c2cccc4cccc(C)c24)C3)C[C@@H]1CC#N.Cc1cccc2cccc(N3CCc4c(nc(OC[C@@H]5CCCN5C)nc4N4CCN(C(=O)/C=C/CN(C)C)[C@@H](CC#N)C4)C3)c12.Cc1cccc2cccc(N3CCc4c(nc(OC[C@@H]5CCCN5C)nc4N4CCN(C(=O)/C=C/CN5CCOCC5)[C@@H](CC#N)C4)C3)c12.S.S. The molecule has 738 valence electrons. The third-order valence-electron chi connectivity index (χ3n) is 29.4. The molecule has 3 amide bonds. The van der Waals surface area contributed by atoms with Crippen molar-refractivity contribution in [2.75, 3.05) is 222 Å². The number of benzene rings is 6. The smallest absolute Gasteiger partial charge is 0.318 e. The largest absolute Gasteiger partial charge is 0.462 e. The average molecular weight is 1930 g/mol. The number of likely N-dealkylation sites (N-methyl/N-ethyl adjacent to an activating group) is 4. The number of ether oxygens (including phenoxy) is 4. The maximum absolute atomic E-state index is 13.4. The molecule has 10 aliphatic heterocycles. The van der Waals surface area contributed by atoms with Gasteiger partial charge < -0.3 is 82.6 Å². The highest BCUT2D eigenvalue weighted by atomic mass is 32.1. The molecule has 19 rings (SSSR count). The van der Waals surface area contributed by atoms with Crippen LogP contribution in [0.2, 0.25) is 0 Å². The number of hydrogen-bond donors (Lipinski definition) is 0. The lowest BCUT2D eigenvalue weighted by molar-refractivity contribution is -0.129. The first-order valence-corrected chi connectivity index (χ1v) is 49.6. The van der Waals surface area contributed by atoms with Gasteiger partial charge in [0.1, 0.15) is 37.3 Å². The Kier molecular flexibility index (Phi) is 35.0. The molecule has 10 aliphatic rings. The van der Waals surface area contributed by atoms with Crippen LogP contribution in [0.1, 0.15) is 115 Å². The molecular weight excluding hydrogens is 1800 g/mol. The summed E-state index contributed by atoms with van der Waals surface area (Å²) in [4.78, 5) is 100. The number of nitrogens with zero attached hydrogens (tertiary/aromatic N) is 23. The van der Waals surface area contributed by atoms with Crippen molar-refractivity contribution in [2.24, 2.45) is 0 Å². The Labute approximate surface area is 839 Å². The van der Waals surface area contributed by atoms with Gasteiger partial charge in [0, 0.05) is 185 Å². The van der Waals surface area contributed by atoms with Crippen LogP contribution in [0.25, 0.3) is 32.3 Å². The first-order valence-electron chi connectivity index (χ1n) is 49.6. The highest BCUT2D eigenvalue weighted by Gasteiger charge is 2.40. The van der Waals surface area contributed by atoms with Gasteiger partial charge in [0.2, 0.25) is 11.8 Å². The van der Waals surface area contributed by atoms with E-state index < -0.39 is 0 Å². The molecule has 7 fully saturated rings. The minimum Gasteiger partial charge on any atom is -0.462 e. The number of fused-ring (bicyclic) bond motifs is 6. The second-order valence-electron chi connectivity index (χ2n) is 38.7. The van der Waals surface area contributed by atoms with Crippen molar-refractivity contribution < 1.29 is 33.3 Å². The Morgan fingerprint density at radius 3 is 1.11 bits per heavy atom. The van der Waals surface area contributed by atoms with Crippen molar-refractivity contribution in [1.82, 2.24) is 69.1 Å². The molecule has 0 unspecified atom stereocenters. The molecule has 13 heterocycles. The highest BCUT2D eigenvalue weighted by molar-refractivity contribution is 7.59. The molecule has 0 spiro atoms. The molecule has 6 aromatic carbocycles. The molecule has 32 heteroatoms. The van der Waals surface area contributed by atoms with Gasteiger partial charge in [-0.15, -0.1) is 0 Å². The Balaban J connectivity index is 0.000000158. The lowest BCUT2D eigenvalue weighted by atomic mass is 9.99. The van der Waals surface area contributed by atoms with Crippen molar-refractivity contribution in [1.29, 1.82) is 15.8 Å². The van der Waals surface area contributed by atoms with Crippen LogP contribution in [0.5, 0.6) is 18.0 Å². The Bertz CT molecular complexity index is 6130. The number of hydrogen-bond acceptors (Lipinski definition) is 27. The van der Waals surface area contributed by atoms with E-state index in [1.807, 2.05) is 40.9 Å². The van der Waals surface area contributed by atoms with Crippen LogP contribution in [0, 0.1) is 66.6 Å². The van der Waals surface area contributed by atoms with E-state index >= 15 is 0 Å². The number of amides is 3. The molecular formula is C108H137N23O7S2. The highest BCUT2D eigenvalue weighted by Crippen LogP contribution is 2.42. The predicted molar refractivity (Wildman–Crippen MR) is 562 cm³/mol. The summed E-state index contributed by atoms with van der Waals surface area (Å²) in [6.07, 6.45) is 17.1. The Morgan fingerprint density at radius 2 is 0.771 bits per heavy atom. The summed E-state index contributed by atoms with van der Waals surface area (Å²) in [5.74, 6) is 7.68. The number of nitriles is 3. The van der Waals surface area contributed by atoms with Gasteiger partial charge in [-0.25, -0.2) is 0 Å². The molecule has 7 saturated heterocycles. The summed E-state index contributed by atoms with van der Waals surface area (Å²) in [5.41, 5.74) is 13.8. The van der Waals surface area contributed by atoms with Gasteiger partial charge in [0.25, 0.3) is 5.91 Å². The minimum atomic E-state index is -0.257. The van der Waals surface area contributed by atoms with E-state index in [0.717, 1.165) is 162 Å². The predicted octanol–water partition coefficient (Wildman–Crippen LogP) is 12.0. The van der Waals surface area contributed by atoms with E-state index in [4.69, 9.17) is 48.9 Å². The normalized spacial score (nSPS) is 20.7. The van der Waals surface area contributed by atoms with E-state index in [-0.39, 0.29) is 82.1 Å². The second kappa shape index (κ2) is 47.9. The number of carbonyl (C=O) groups is 3. The van der Waals surface area contributed by atoms with Gasteiger partial charge in [-0.3, -0.25) is 19.3 Å². The van der Waals surface area contributed by atoms with Crippen molar-refractivity contribution in [2.45, 2.75) is 161 Å². The van der Waals surface area contributed by atoms with E-state index in [2.05, 4.69) is 230 Å². The molecule has 0 N–H and O–H groups in total. The number of aromatic nitrogens is 6. The van der Waals surface area contributed by atoms with Crippen LogP contribution in [-0.4, -0.2) is 316 Å². The topological polar surface area (TPSA) is 282 Å². The summed E-state index contributed by atoms with van der Waals surface area (Å²) >= 11 is 0. The molecule has 0 saturated carbocycles. The van der Waals surface area contributed by atoms with Gasteiger partial charge in [-0.05, 0) is 197 Å². The average Bonchev–Trinajstić information content (AvgIpc) is 1.53. The zero-order chi connectivity index (χ0) is 95.9. The summed E-state index contributed by atoms with van der Waals surface area (Å²) in [5, 5.41) is 36.6. The summed E-state index contributed by atoms with van der Waals surface area (Å²) in [6, 6.07) is 47.4. The van der Waals surface area contributed by atoms with E-state index in [1.54, 1.807) is 24.0 Å². The van der Waals surface area contributed by atoms with Gasteiger partial charge >= 0.3 is 18.0 Å². The second-order valence-corrected chi connectivity index (χ2v) is 38.7. The van der Waals surface area contributed by atoms with Crippen LogP contribution in [0.3, 0.4) is 0 Å². The van der Waals surface area contributed by atoms with Gasteiger partial charge in [-0.1, -0.05) is 109 Å². The van der Waals surface area contributed by atoms with Crippen LogP contribution < -0.4 is 43.6 Å². The van der Waals surface area contributed by atoms with Crippen molar-refractivity contribution in [3.8, 4) is 48.1 Å². The maximum atomic E-state index is 13.4. The molecule has 30 nitrogen and oxygen atoms in total. The fraction of sp³-hybridized carbons (Fsp3) is 0.500. The number of morpholine rings is 1. The van der Waals surface area contributed by atoms with Crippen molar-refractivity contribution in [3.63, 3.8) is 0 Å². The Morgan fingerprint density at radius 1 is 0.429 bits per heavy atom. The summed E-state index contributed by atoms with van der Waals surface area (Å²) in [7, 11) is 10.4. The van der Waals surface area contributed by atoms with Crippen molar-refractivity contribution >= 4 is 112 Å². The third-order valence-corrected chi connectivity index (χ3v) is 29.4. The van der Waals surface area contributed by atoms with Crippen molar-refractivity contribution in [3.05, 3.63) is 184 Å². The fourth-order valence-electron chi connectivity index (χ4n) is 21.8. The van der Waals surface area contributed by atoms with Gasteiger partial charge in [-0.2, -0.15) is 72.7 Å². The zero-order valence-corrected chi connectivity index (χ0v) is 84.9. The van der Waals surface area contributed by atoms with Crippen LogP contribution in [0.15, 0.2) is 133 Å². The van der Waals surface area contributed by atoms with Crippen LogP contribution in [-0.2, 0) is 58.0 Å². The molecule has 3 aromatic heterocycles. The number of rotatable bonds is 24. The minimum absolute atomic E-state index is 0. The summed E-state index contributed by atoms with van der Waals surface area (Å²) in [6.45, 7) is 27.2. The lowest BCUT2D eigenvalue weighted by Crippen LogP contribution is -2.55. The number of aryl methyl sites for hydroxylation is 3. The zero-order valence-electron chi connectivity index (χ0n) is 82.9. The first-order chi connectivity index (χ1) is 67.3. The lowest BCUT2D eigenvalue weighted by Gasteiger charge is -2.42. The molecule has 0 radical (unpaired) electrons. The third kappa shape index (κ3) is 23.9. The number of piperazine rings is 3. The van der Waals surface area contributed by atoms with E-state index in [0.29, 0.717) is 141 Å². The number of likely N-dealkylation sites (tertiary alicyclic amines) is 3. The molecule has 0 aliphatic carbocycles. The monoisotopic (exact) mass is 1930 g/mol. The molecule has 0 bridgehead atoms. The molecule has 6 atom stereocenters. The fourth-order valence-corrected chi connectivity index (χ4v) is 21.8. The molecule has 140 heavy (non-hydrogen) atoms. The quantitative estimate of drug-likeness (QED) is 0.0401.